The predicted octanol–water partition coefficient (Wildman–Crippen LogP) is 1.08. The molecule has 0 unspecified atom stereocenters. The van der Waals surface area contributed by atoms with Crippen molar-refractivity contribution < 1.29 is 53.4 Å². The zero-order chi connectivity index (χ0) is 25.8. The topological polar surface area (TPSA) is 158 Å². The SMILES string of the molecule is COC(=O)c1c(OC)cc2cc3c(c(O)c2c1C)C(=O)[C@@H](OC)[C@](O)([C@@H]1OC(=O)C=C1OC)[C@H]3O. The normalized spacial score (nSPS) is 25.7. The minimum Gasteiger partial charge on any atom is -0.507 e. The predicted molar refractivity (Wildman–Crippen MR) is 118 cm³/mol. The summed E-state index contributed by atoms with van der Waals surface area (Å²) < 4.78 is 25.7. The van der Waals surface area contributed by atoms with Crippen LogP contribution in [-0.4, -0.2) is 79.3 Å². The number of Topliss-reactive ketones (excluding diaryl/α,β-unsaturated/α-hetero) is 1. The molecule has 35 heavy (non-hydrogen) atoms. The average molecular weight is 488 g/mol. The first-order valence-electron chi connectivity index (χ1n) is 10.5. The first kappa shape index (κ1) is 24.5. The lowest BCUT2D eigenvalue weighted by Gasteiger charge is -2.45. The van der Waals surface area contributed by atoms with Crippen molar-refractivity contribution >= 4 is 28.5 Å². The number of esters is 2. The molecule has 0 amide bonds. The maximum Gasteiger partial charge on any atom is 0.341 e. The first-order chi connectivity index (χ1) is 16.6. The summed E-state index contributed by atoms with van der Waals surface area (Å²) in [6.07, 6.45) is -4.19. The van der Waals surface area contributed by atoms with Gasteiger partial charge in [0.05, 0.1) is 33.0 Å². The van der Waals surface area contributed by atoms with Crippen molar-refractivity contribution in [1.29, 1.82) is 0 Å². The number of hydrogen-bond acceptors (Lipinski definition) is 11. The van der Waals surface area contributed by atoms with Crippen LogP contribution >= 0.6 is 0 Å². The first-order valence-corrected chi connectivity index (χ1v) is 10.5. The minimum absolute atomic E-state index is 0.0501. The highest BCUT2D eigenvalue weighted by atomic mass is 16.6. The van der Waals surface area contributed by atoms with E-state index in [0.29, 0.717) is 5.39 Å². The molecule has 0 saturated carbocycles. The Hall–Kier alpha value is -3.67. The second-order valence-electron chi connectivity index (χ2n) is 8.20. The van der Waals surface area contributed by atoms with Crippen LogP contribution in [0.1, 0.15) is 37.9 Å². The fourth-order valence-corrected chi connectivity index (χ4v) is 4.93. The highest BCUT2D eigenvalue weighted by Gasteiger charge is 2.62. The number of aliphatic hydroxyl groups excluding tert-OH is 1. The molecule has 0 spiro atoms. The molecule has 4 rings (SSSR count). The number of rotatable bonds is 5. The number of cyclic esters (lactones) is 1. The molecule has 0 saturated heterocycles. The number of fused-ring (bicyclic) bond motifs is 2. The monoisotopic (exact) mass is 488 g/mol. The number of methoxy groups -OCH3 is 4. The molecule has 2 aromatic carbocycles. The lowest BCUT2D eigenvalue weighted by molar-refractivity contribution is -0.205. The van der Waals surface area contributed by atoms with E-state index < -0.39 is 47.4 Å². The van der Waals surface area contributed by atoms with Gasteiger partial charge in [0, 0.05) is 12.5 Å². The van der Waals surface area contributed by atoms with Gasteiger partial charge in [0.25, 0.3) is 0 Å². The Kier molecular flexibility index (Phi) is 5.95. The molecular weight excluding hydrogens is 464 g/mol. The maximum absolute atomic E-state index is 13.5. The van der Waals surface area contributed by atoms with Gasteiger partial charge in [-0.2, -0.15) is 0 Å². The zero-order valence-electron chi connectivity index (χ0n) is 19.6. The third-order valence-electron chi connectivity index (χ3n) is 6.54. The number of aliphatic hydroxyl groups is 2. The van der Waals surface area contributed by atoms with Crippen LogP contribution in [0.2, 0.25) is 0 Å². The van der Waals surface area contributed by atoms with Gasteiger partial charge in [0.1, 0.15) is 28.9 Å². The molecule has 1 aliphatic carbocycles. The quantitative estimate of drug-likeness (QED) is 0.517. The smallest absolute Gasteiger partial charge is 0.341 e. The number of benzene rings is 2. The third kappa shape index (κ3) is 3.27. The molecule has 2 aromatic rings. The van der Waals surface area contributed by atoms with Gasteiger partial charge < -0.3 is 39.0 Å². The number of carbonyl (C=O) groups is 3. The van der Waals surface area contributed by atoms with Gasteiger partial charge >= 0.3 is 11.9 Å². The van der Waals surface area contributed by atoms with Crippen LogP contribution < -0.4 is 4.74 Å². The number of aryl methyl sites for hydroxylation is 1. The standard InChI is InChI=1S/C24H24O11/c1-9-15-10(7-12(31-2)16(9)23(29)34-5)6-11-17(18(15)26)19(27)22(33-4)24(30,20(11)28)21-13(32-3)8-14(25)35-21/h6-8,20-22,26,28,30H,1-5H3/t20-,21+,22+,24+/m0/s1. The summed E-state index contributed by atoms with van der Waals surface area (Å²) >= 11 is 0. The van der Waals surface area contributed by atoms with Gasteiger partial charge in [0.2, 0.25) is 0 Å². The molecule has 11 nitrogen and oxygen atoms in total. The largest absolute Gasteiger partial charge is 0.507 e. The lowest BCUT2D eigenvalue weighted by Crippen LogP contribution is -2.63. The number of carbonyl (C=O) groups excluding carboxylic acids is 3. The lowest BCUT2D eigenvalue weighted by atomic mass is 9.70. The maximum atomic E-state index is 13.5. The Labute approximate surface area is 199 Å². The number of phenolic OH excluding ortho intramolecular Hbond substituents is 1. The van der Waals surface area contributed by atoms with Crippen LogP contribution in [0.4, 0.5) is 0 Å². The van der Waals surface area contributed by atoms with E-state index >= 15 is 0 Å². The molecule has 3 N–H and O–H groups in total. The summed E-state index contributed by atoms with van der Waals surface area (Å²) in [5.74, 6) is -2.92. The van der Waals surface area contributed by atoms with Crippen LogP contribution in [0.25, 0.3) is 10.8 Å². The van der Waals surface area contributed by atoms with Gasteiger partial charge in [-0.1, -0.05) is 0 Å². The fraction of sp³-hybridized carbons (Fsp3) is 0.375. The van der Waals surface area contributed by atoms with Crippen molar-refractivity contribution in [2.24, 2.45) is 0 Å². The Morgan fingerprint density at radius 1 is 1.11 bits per heavy atom. The van der Waals surface area contributed by atoms with Crippen molar-refractivity contribution in [2.45, 2.75) is 30.8 Å². The molecule has 1 heterocycles. The Balaban J connectivity index is 2.02. The molecule has 1 aliphatic heterocycles. The summed E-state index contributed by atoms with van der Waals surface area (Å²) in [4.78, 5) is 37.8. The van der Waals surface area contributed by atoms with Gasteiger partial charge in [-0.15, -0.1) is 0 Å². The van der Waals surface area contributed by atoms with Crippen molar-refractivity contribution in [3.05, 3.63) is 46.2 Å². The molecule has 11 heteroatoms. The molecule has 2 aliphatic rings. The van der Waals surface area contributed by atoms with Gasteiger partial charge in [-0.3, -0.25) is 4.79 Å². The Morgan fingerprint density at radius 2 is 1.80 bits per heavy atom. The number of ether oxygens (including phenoxy) is 5. The Bertz CT molecular complexity index is 1290. The van der Waals surface area contributed by atoms with Crippen molar-refractivity contribution in [3.63, 3.8) is 0 Å². The summed E-state index contributed by atoms with van der Waals surface area (Å²) in [7, 11) is 4.91. The third-order valence-corrected chi connectivity index (χ3v) is 6.54. The number of aromatic hydroxyl groups is 1. The van der Waals surface area contributed by atoms with Crippen LogP contribution in [0.15, 0.2) is 24.0 Å². The minimum atomic E-state index is -2.49. The highest BCUT2D eigenvalue weighted by Crippen LogP contribution is 2.50. The molecule has 4 atom stereocenters. The van der Waals surface area contributed by atoms with E-state index in [1.54, 1.807) is 6.92 Å². The van der Waals surface area contributed by atoms with Crippen LogP contribution in [0.3, 0.4) is 0 Å². The van der Waals surface area contributed by atoms with E-state index in [9.17, 15) is 29.7 Å². The molecule has 0 radical (unpaired) electrons. The molecular formula is C24H24O11. The summed E-state index contributed by atoms with van der Waals surface area (Å²) in [5, 5.41) is 34.7. The second kappa shape index (κ2) is 8.52. The van der Waals surface area contributed by atoms with E-state index in [1.165, 1.54) is 33.5 Å². The number of phenols is 1. The van der Waals surface area contributed by atoms with E-state index in [4.69, 9.17) is 23.7 Å². The summed E-state index contributed by atoms with van der Waals surface area (Å²) in [6.45, 7) is 1.55. The zero-order valence-corrected chi connectivity index (χ0v) is 19.6. The van der Waals surface area contributed by atoms with Crippen LogP contribution in [0, 0.1) is 6.92 Å². The molecule has 186 valence electrons. The van der Waals surface area contributed by atoms with Crippen molar-refractivity contribution in [3.8, 4) is 11.5 Å². The van der Waals surface area contributed by atoms with E-state index in [2.05, 4.69) is 0 Å². The number of ketones is 1. The Morgan fingerprint density at radius 3 is 2.37 bits per heavy atom. The van der Waals surface area contributed by atoms with E-state index in [-0.39, 0.29) is 39.1 Å². The van der Waals surface area contributed by atoms with Gasteiger partial charge in [-0.25, -0.2) is 9.59 Å². The number of hydrogen-bond donors (Lipinski definition) is 3. The van der Waals surface area contributed by atoms with Crippen LogP contribution in [0.5, 0.6) is 11.5 Å². The van der Waals surface area contributed by atoms with Gasteiger partial charge in [-0.05, 0) is 35.6 Å². The van der Waals surface area contributed by atoms with E-state index in [0.717, 1.165) is 13.2 Å². The fourth-order valence-electron chi connectivity index (χ4n) is 4.93. The van der Waals surface area contributed by atoms with Crippen molar-refractivity contribution in [2.75, 3.05) is 28.4 Å². The van der Waals surface area contributed by atoms with Gasteiger partial charge in [0.15, 0.2) is 23.6 Å². The summed E-state index contributed by atoms with van der Waals surface area (Å²) in [6, 6.07) is 2.82. The molecule has 0 bridgehead atoms. The second-order valence-corrected chi connectivity index (χ2v) is 8.20. The van der Waals surface area contributed by atoms with E-state index in [1.807, 2.05) is 0 Å². The molecule has 0 fully saturated rings. The van der Waals surface area contributed by atoms with Crippen molar-refractivity contribution in [1.82, 2.24) is 0 Å². The average Bonchev–Trinajstić information content (AvgIpc) is 3.23. The summed E-state index contributed by atoms with van der Waals surface area (Å²) in [5.41, 5.74) is -2.61. The highest BCUT2D eigenvalue weighted by molar-refractivity contribution is 6.12. The van der Waals surface area contributed by atoms with Crippen LogP contribution in [-0.2, 0) is 23.7 Å². The molecule has 0 aromatic heterocycles.